The molecule has 0 aliphatic rings. The zero-order valence-corrected chi connectivity index (χ0v) is 9.64. The van der Waals surface area contributed by atoms with Crippen molar-refractivity contribution >= 4 is 36.7 Å². The van der Waals surface area contributed by atoms with E-state index in [1.165, 1.54) is 0 Å². The minimum Gasteiger partial charge on any atom is -0.0785 e. The monoisotopic (exact) mass is 234 g/mol. The van der Waals surface area contributed by atoms with Crippen molar-refractivity contribution in [2.24, 2.45) is 0 Å². The Morgan fingerprint density at radius 1 is 0.786 bits per heavy atom. The van der Waals surface area contributed by atoms with Gasteiger partial charge in [0.2, 0.25) is 0 Å². The van der Waals surface area contributed by atoms with Crippen LogP contribution in [-0.2, 0) is 0 Å². The highest BCUT2D eigenvalue weighted by molar-refractivity contribution is 7.75. The first-order chi connectivity index (χ1) is 6.70. The lowest BCUT2D eigenvalue weighted by atomic mass is 10.1. The normalized spacial score (nSPS) is 10.3. The molecule has 0 bridgehead atoms. The Bertz CT molecular complexity index is 590. The molecule has 0 saturated heterocycles. The van der Waals surface area contributed by atoms with Crippen molar-refractivity contribution < 1.29 is 0 Å². The Morgan fingerprint density at radius 3 is 1.93 bits per heavy atom. The summed E-state index contributed by atoms with van der Waals surface area (Å²) in [5.41, 5.74) is 2.07. The van der Waals surface area contributed by atoms with Crippen LogP contribution in [0.5, 0.6) is 0 Å². The van der Waals surface area contributed by atoms with Crippen LogP contribution in [0, 0.1) is 13.5 Å². The van der Waals surface area contributed by atoms with Gasteiger partial charge in [-0.3, -0.25) is 0 Å². The van der Waals surface area contributed by atoms with Crippen LogP contribution >= 0.6 is 36.7 Å². The fourth-order valence-electron chi connectivity index (χ4n) is 1.33. The fraction of sp³-hybridized carbons (Fsp3) is 0. The van der Waals surface area contributed by atoms with E-state index in [4.69, 9.17) is 36.7 Å². The van der Waals surface area contributed by atoms with Crippen LogP contribution in [0.15, 0.2) is 36.4 Å². The molecule has 2 aromatic rings. The summed E-state index contributed by atoms with van der Waals surface area (Å²) >= 11 is 15.4. The van der Waals surface area contributed by atoms with Gasteiger partial charge in [0.1, 0.15) is 0 Å². The lowest BCUT2D eigenvalue weighted by Crippen LogP contribution is -1.71. The predicted molar refractivity (Wildman–Crippen MR) is 66.8 cm³/mol. The van der Waals surface area contributed by atoms with Crippen molar-refractivity contribution in [2.75, 3.05) is 0 Å². The molecule has 0 aliphatic heterocycles. The van der Waals surface area contributed by atoms with Gasteiger partial charge in [0.15, 0.2) is 0 Å². The van der Waals surface area contributed by atoms with Crippen LogP contribution in [0.2, 0.25) is 0 Å². The second-order valence-electron chi connectivity index (χ2n) is 2.95. The topological polar surface area (TPSA) is 0 Å². The third-order valence-corrected chi connectivity index (χ3v) is 3.46. The van der Waals surface area contributed by atoms with Crippen LogP contribution in [0.4, 0.5) is 0 Å². The molecule has 0 aliphatic carbocycles. The van der Waals surface area contributed by atoms with Crippen LogP contribution < -0.4 is 0 Å². The molecule has 0 nitrogen and oxygen atoms in total. The molecule has 0 heterocycles. The molecule has 0 spiro atoms. The molecule has 0 fully saturated rings. The van der Waals surface area contributed by atoms with Crippen LogP contribution in [0.3, 0.4) is 0 Å². The van der Waals surface area contributed by atoms with Crippen LogP contribution in [0.1, 0.15) is 0 Å². The molecule has 0 unspecified atom stereocenters. The van der Waals surface area contributed by atoms with Gasteiger partial charge in [-0.2, -0.15) is 0 Å². The first-order valence-electron chi connectivity index (χ1n) is 4.10. The third-order valence-electron chi connectivity index (χ3n) is 2.03. The standard InChI is InChI=1S/C11H6S3/c12-9-6-8(10(13)11(9)14)7-4-2-1-3-5-7/h1-6H. The van der Waals surface area contributed by atoms with E-state index in [-0.39, 0.29) is 0 Å². The highest BCUT2D eigenvalue weighted by Gasteiger charge is 2.03. The average Bonchev–Trinajstić information content (AvgIpc) is 2.47. The Kier molecular flexibility index (Phi) is 2.63. The molecule has 2 aromatic carbocycles. The average molecular weight is 234 g/mol. The second-order valence-corrected chi connectivity index (χ2v) is 4.20. The molecular weight excluding hydrogens is 228 g/mol. The summed E-state index contributed by atoms with van der Waals surface area (Å²) < 4.78 is 2.02. The summed E-state index contributed by atoms with van der Waals surface area (Å²) in [6.07, 6.45) is 0. The summed E-state index contributed by atoms with van der Waals surface area (Å²) in [7, 11) is 0. The summed E-state index contributed by atoms with van der Waals surface area (Å²) in [6, 6.07) is 11.8. The van der Waals surface area contributed by atoms with Crippen molar-refractivity contribution in [3.63, 3.8) is 0 Å². The summed E-state index contributed by atoms with van der Waals surface area (Å²) in [5.74, 6) is 0. The van der Waals surface area contributed by atoms with Gasteiger partial charge in [-0.25, -0.2) is 0 Å². The van der Waals surface area contributed by atoms with E-state index in [1.54, 1.807) is 0 Å². The van der Waals surface area contributed by atoms with Gasteiger partial charge in [-0.15, -0.1) is 0 Å². The van der Waals surface area contributed by atoms with Gasteiger partial charge in [-0.05, 0) is 11.6 Å². The first-order valence-corrected chi connectivity index (χ1v) is 5.33. The summed E-state index contributed by atoms with van der Waals surface area (Å²) in [6.45, 7) is 0. The van der Waals surface area contributed by atoms with Crippen LogP contribution in [0.25, 0.3) is 11.1 Å². The SMILES string of the molecule is S=c1cc(-c2ccccc2)c(=S)c1=S. The summed E-state index contributed by atoms with van der Waals surface area (Å²) in [5, 5.41) is 0. The van der Waals surface area contributed by atoms with Crippen molar-refractivity contribution in [3.8, 4) is 11.1 Å². The van der Waals surface area contributed by atoms with Gasteiger partial charge < -0.3 is 0 Å². The smallest absolute Gasteiger partial charge is 0.0744 e. The third kappa shape index (κ3) is 1.59. The minimum absolute atomic E-state index is 0.633. The molecule has 3 heteroatoms. The Balaban J connectivity index is 2.77. The minimum atomic E-state index is 0.633. The van der Waals surface area contributed by atoms with E-state index in [9.17, 15) is 0 Å². The Hall–Kier alpha value is -0.770. The van der Waals surface area contributed by atoms with Gasteiger partial charge in [0.25, 0.3) is 0 Å². The van der Waals surface area contributed by atoms with Gasteiger partial charge >= 0.3 is 0 Å². The van der Waals surface area contributed by atoms with E-state index in [1.807, 2.05) is 36.4 Å². The van der Waals surface area contributed by atoms with E-state index < -0.39 is 0 Å². The van der Waals surface area contributed by atoms with E-state index in [0.29, 0.717) is 13.5 Å². The molecule has 0 atom stereocenters. The molecule has 14 heavy (non-hydrogen) atoms. The maximum absolute atomic E-state index is 5.23. The van der Waals surface area contributed by atoms with Crippen molar-refractivity contribution in [1.29, 1.82) is 0 Å². The zero-order chi connectivity index (χ0) is 10.1. The lowest BCUT2D eigenvalue weighted by Gasteiger charge is -1.94. The van der Waals surface area contributed by atoms with Crippen molar-refractivity contribution in [3.05, 3.63) is 49.9 Å². The molecule has 68 valence electrons. The Morgan fingerprint density at radius 2 is 1.43 bits per heavy atom. The number of rotatable bonds is 1. The first kappa shape index (κ1) is 9.77. The van der Waals surface area contributed by atoms with Crippen molar-refractivity contribution in [2.45, 2.75) is 0 Å². The lowest BCUT2D eigenvalue weighted by molar-refractivity contribution is 1.66. The molecule has 0 saturated carbocycles. The largest absolute Gasteiger partial charge is 0.0785 e. The fourth-order valence-corrected chi connectivity index (χ4v) is 2.07. The molecule has 0 amide bonds. The van der Waals surface area contributed by atoms with Crippen LogP contribution in [-0.4, -0.2) is 0 Å². The Labute approximate surface area is 97.6 Å². The van der Waals surface area contributed by atoms with Gasteiger partial charge in [0, 0.05) is 5.56 Å². The zero-order valence-electron chi connectivity index (χ0n) is 7.19. The highest BCUT2D eigenvalue weighted by atomic mass is 32.1. The van der Waals surface area contributed by atoms with E-state index >= 15 is 0 Å². The second kappa shape index (κ2) is 3.77. The van der Waals surface area contributed by atoms with E-state index in [0.717, 1.165) is 11.1 Å². The highest BCUT2D eigenvalue weighted by Crippen LogP contribution is 2.23. The maximum Gasteiger partial charge on any atom is 0.0744 e. The quantitative estimate of drug-likeness (QED) is 0.670. The van der Waals surface area contributed by atoms with Crippen molar-refractivity contribution in [1.82, 2.24) is 0 Å². The predicted octanol–water partition coefficient (Wildman–Crippen LogP) is 4.42. The molecule has 0 N–H and O–H groups in total. The maximum atomic E-state index is 5.23. The molecular formula is C11H6S3. The van der Waals surface area contributed by atoms with Gasteiger partial charge in [0.05, 0.1) is 13.5 Å². The molecule has 0 radical (unpaired) electrons. The molecule has 2 rings (SSSR count). The number of hydrogen-bond donors (Lipinski definition) is 0. The van der Waals surface area contributed by atoms with E-state index in [2.05, 4.69) is 0 Å². The number of hydrogen-bond acceptors (Lipinski definition) is 3. The summed E-state index contributed by atoms with van der Waals surface area (Å²) in [4.78, 5) is 0. The number of benzene rings is 1. The molecule has 0 aromatic heterocycles. The van der Waals surface area contributed by atoms with Gasteiger partial charge in [-0.1, -0.05) is 67.0 Å².